The Kier molecular flexibility index (Phi) is 4.83. The van der Waals surface area contributed by atoms with Gasteiger partial charge in [-0.05, 0) is 30.3 Å². The normalized spacial score (nSPS) is 11.6. The zero-order valence-electron chi connectivity index (χ0n) is 15.1. The van der Waals surface area contributed by atoms with E-state index in [1.165, 1.54) is 12.3 Å². The Balaban J connectivity index is 1.64. The average Bonchev–Trinajstić information content (AvgIpc) is 3.13. The Morgan fingerprint density at radius 2 is 1.93 bits per heavy atom. The molecule has 0 saturated heterocycles. The summed E-state index contributed by atoms with van der Waals surface area (Å²) in [7, 11) is 0. The first-order valence-corrected chi connectivity index (χ1v) is 8.98. The number of carbonyl (C=O) groups excluding carboxylic acids is 1. The quantitative estimate of drug-likeness (QED) is 0.483. The number of hydrogen-bond donors (Lipinski definition) is 2. The van der Waals surface area contributed by atoms with Crippen molar-refractivity contribution < 1.29 is 18.0 Å². The highest BCUT2D eigenvalue weighted by Gasteiger charge is 2.33. The molecule has 0 aliphatic heterocycles. The molecule has 2 heterocycles. The third-order valence-corrected chi connectivity index (χ3v) is 4.74. The van der Waals surface area contributed by atoms with Gasteiger partial charge in [0.15, 0.2) is 11.5 Å². The van der Waals surface area contributed by atoms with Crippen LogP contribution in [0.5, 0.6) is 0 Å². The van der Waals surface area contributed by atoms with Crippen LogP contribution in [0, 0.1) is 0 Å². The number of nitrogen functional groups attached to an aromatic ring is 1. The molecule has 4 aromatic rings. The molecule has 0 saturated carbocycles. The number of amides is 1. The maximum absolute atomic E-state index is 13.0. The molecular weight excluding hydrogens is 419 g/mol. The second-order valence-electron chi connectivity index (χ2n) is 6.38. The standard InChI is InChI=1S/C20H13ClF3N5O/c21-15-5-4-12(9-14(15)20(22,23)24)19(30)28-13-3-1-2-11(8-13)16-10-27-18-17(25)26-6-7-29(16)18/h1-10H,(H2,25,26)(H,28,30). The molecule has 1 amide bonds. The fourth-order valence-electron chi connectivity index (χ4n) is 3.00. The van der Waals surface area contributed by atoms with Crippen LogP contribution in [0.1, 0.15) is 15.9 Å². The number of alkyl halides is 3. The van der Waals surface area contributed by atoms with Crippen LogP contribution in [0.25, 0.3) is 16.9 Å². The number of imidazole rings is 1. The molecule has 2 aromatic heterocycles. The largest absolute Gasteiger partial charge is 0.417 e. The molecule has 0 aliphatic rings. The lowest BCUT2D eigenvalue weighted by Gasteiger charge is -2.12. The average molecular weight is 432 g/mol. The van der Waals surface area contributed by atoms with Crippen molar-refractivity contribution in [3.8, 4) is 11.3 Å². The van der Waals surface area contributed by atoms with Gasteiger partial charge in [0.2, 0.25) is 0 Å². The summed E-state index contributed by atoms with van der Waals surface area (Å²) in [5.74, 6) is -0.419. The van der Waals surface area contributed by atoms with Gasteiger partial charge in [0.05, 0.1) is 22.5 Å². The molecule has 0 bridgehead atoms. The van der Waals surface area contributed by atoms with Gasteiger partial charge in [0.25, 0.3) is 5.91 Å². The number of halogens is 4. The molecule has 0 unspecified atom stereocenters. The summed E-state index contributed by atoms with van der Waals surface area (Å²) < 4.78 is 40.9. The van der Waals surface area contributed by atoms with Crippen molar-refractivity contribution in [2.45, 2.75) is 6.18 Å². The zero-order chi connectivity index (χ0) is 21.5. The van der Waals surface area contributed by atoms with Crippen LogP contribution in [-0.2, 0) is 6.18 Å². The molecular formula is C20H13ClF3N5O. The van der Waals surface area contributed by atoms with Crippen LogP contribution < -0.4 is 11.1 Å². The van der Waals surface area contributed by atoms with E-state index in [4.69, 9.17) is 17.3 Å². The monoisotopic (exact) mass is 431 g/mol. The summed E-state index contributed by atoms with van der Waals surface area (Å²) >= 11 is 5.61. The van der Waals surface area contributed by atoms with Gasteiger partial charge in [-0.15, -0.1) is 0 Å². The van der Waals surface area contributed by atoms with E-state index in [1.54, 1.807) is 41.1 Å². The van der Waals surface area contributed by atoms with E-state index >= 15 is 0 Å². The first-order chi connectivity index (χ1) is 14.2. The molecule has 0 spiro atoms. The molecule has 3 N–H and O–H groups in total. The Labute approximate surface area is 173 Å². The van der Waals surface area contributed by atoms with Crippen molar-refractivity contribution in [2.75, 3.05) is 11.1 Å². The minimum atomic E-state index is -4.66. The van der Waals surface area contributed by atoms with Gasteiger partial charge in [-0.25, -0.2) is 9.97 Å². The molecule has 10 heteroatoms. The van der Waals surface area contributed by atoms with Crippen molar-refractivity contribution in [1.29, 1.82) is 0 Å². The third-order valence-electron chi connectivity index (χ3n) is 4.41. The highest BCUT2D eigenvalue weighted by atomic mass is 35.5. The van der Waals surface area contributed by atoms with Crippen molar-refractivity contribution in [3.63, 3.8) is 0 Å². The molecule has 0 fully saturated rings. The molecule has 6 nitrogen and oxygen atoms in total. The van der Waals surface area contributed by atoms with E-state index in [1.807, 2.05) is 0 Å². The van der Waals surface area contributed by atoms with Crippen LogP contribution in [0.4, 0.5) is 24.7 Å². The summed E-state index contributed by atoms with van der Waals surface area (Å²) in [6.45, 7) is 0. The number of rotatable bonds is 3. The van der Waals surface area contributed by atoms with Crippen molar-refractivity contribution >= 4 is 34.7 Å². The van der Waals surface area contributed by atoms with Gasteiger partial charge in [-0.1, -0.05) is 23.7 Å². The van der Waals surface area contributed by atoms with Gasteiger partial charge in [0, 0.05) is 29.2 Å². The molecule has 0 radical (unpaired) electrons. The van der Waals surface area contributed by atoms with E-state index in [2.05, 4.69) is 15.3 Å². The van der Waals surface area contributed by atoms with Crippen LogP contribution >= 0.6 is 11.6 Å². The minimum Gasteiger partial charge on any atom is -0.381 e. The summed E-state index contributed by atoms with van der Waals surface area (Å²) in [5.41, 5.74) is 6.91. The number of carbonyl (C=O) groups is 1. The predicted octanol–water partition coefficient (Wildman–Crippen LogP) is 4.90. The van der Waals surface area contributed by atoms with Crippen LogP contribution in [0.2, 0.25) is 5.02 Å². The highest BCUT2D eigenvalue weighted by molar-refractivity contribution is 6.31. The molecule has 152 valence electrons. The Bertz CT molecular complexity index is 1270. The van der Waals surface area contributed by atoms with E-state index in [-0.39, 0.29) is 11.4 Å². The molecule has 2 aromatic carbocycles. The Hall–Kier alpha value is -3.59. The fraction of sp³-hybridized carbons (Fsp3) is 0.0500. The first kappa shape index (κ1) is 19.7. The maximum atomic E-state index is 13.0. The van der Waals surface area contributed by atoms with Crippen LogP contribution in [-0.4, -0.2) is 20.3 Å². The number of anilines is 2. The van der Waals surface area contributed by atoms with Gasteiger partial charge >= 0.3 is 6.18 Å². The Morgan fingerprint density at radius 3 is 2.70 bits per heavy atom. The number of aromatic nitrogens is 3. The topological polar surface area (TPSA) is 85.3 Å². The van der Waals surface area contributed by atoms with Crippen LogP contribution in [0.3, 0.4) is 0 Å². The molecule has 0 atom stereocenters. The Morgan fingerprint density at radius 1 is 1.13 bits per heavy atom. The lowest BCUT2D eigenvalue weighted by atomic mass is 10.1. The smallest absolute Gasteiger partial charge is 0.381 e. The summed E-state index contributed by atoms with van der Waals surface area (Å²) in [5, 5.41) is 2.13. The van der Waals surface area contributed by atoms with Crippen molar-refractivity contribution in [3.05, 3.63) is 77.2 Å². The molecule has 0 aliphatic carbocycles. The number of nitrogens with two attached hydrogens (primary N) is 1. The van der Waals surface area contributed by atoms with Gasteiger partial charge in [-0.2, -0.15) is 13.2 Å². The van der Waals surface area contributed by atoms with E-state index in [9.17, 15) is 18.0 Å². The molecule has 4 rings (SSSR count). The fourth-order valence-corrected chi connectivity index (χ4v) is 3.22. The van der Waals surface area contributed by atoms with Gasteiger partial charge < -0.3 is 11.1 Å². The van der Waals surface area contributed by atoms with Crippen molar-refractivity contribution in [1.82, 2.24) is 14.4 Å². The number of nitrogens with zero attached hydrogens (tertiary/aromatic N) is 3. The number of fused-ring (bicyclic) bond motifs is 1. The van der Waals surface area contributed by atoms with Gasteiger partial charge in [0.1, 0.15) is 0 Å². The SMILES string of the molecule is Nc1nccn2c(-c3cccc(NC(=O)c4ccc(Cl)c(C(F)(F)F)c4)c3)cnc12. The summed E-state index contributed by atoms with van der Waals surface area (Å²) in [4.78, 5) is 20.7. The summed E-state index contributed by atoms with van der Waals surface area (Å²) in [6.07, 6.45) is 0.194. The van der Waals surface area contributed by atoms with Crippen molar-refractivity contribution in [2.24, 2.45) is 0 Å². The second kappa shape index (κ2) is 7.34. The molecule has 30 heavy (non-hydrogen) atoms. The second-order valence-corrected chi connectivity index (χ2v) is 6.78. The van der Waals surface area contributed by atoms with E-state index in [0.29, 0.717) is 17.0 Å². The number of benzene rings is 2. The zero-order valence-corrected chi connectivity index (χ0v) is 15.9. The predicted molar refractivity (Wildman–Crippen MR) is 107 cm³/mol. The summed E-state index contributed by atoms with van der Waals surface area (Å²) in [6, 6.07) is 9.82. The van der Waals surface area contributed by atoms with Gasteiger partial charge in [-0.3, -0.25) is 9.20 Å². The number of hydrogen-bond acceptors (Lipinski definition) is 4. The van der Waals surface area contributed by atoms with E-state index < -0.39 is 22.7 Å². The van der Waals surface area contributed by atoms with Crippen LogP contribution in [0.15, 0.2) is 61.1 Å². The minimum absolute atomic E-state index is 0.161. The number of nitrogens with one attached hydrogen (secondary N) is 1. The maximum Gasteiger partial charge on any atom is 0.417 e. The van der Waals surface area contributed by atoms with E-state index in [0.717, 1.165) is 17.7 Å². The lowest BCUT2D eigenvalue weighted by Crippen LogP contribution is -2.14. The first-order valence-electron chi connectivity index (χ1n) is 8.60. The third kappa shape index (κ3) is 3.67. The lowest BCUT2D eigenvalue weighted by molar-refractivity contribution is -0.137. The highest BCUT2D eigenvalue weighted by Crippen LogP contribution is 2.35.